The second kappa shape index (κ2) is 7.61. The van der Waals surface area contributed by atoms with Crippen LogP contribution in [0.2, 0.25) is 0 Å². The summed E-state index contributed by atoms with van der Waals surface area (Å²) in [6.45, 7) is 3.73. The van der Waals surface area contributed by atoms with Crippen LogP contribution in [0.3, 0.4) is 0 Å². The van der Waals surface area contributed by atoms with Crippen LogP contribution in [0.25, 0.3) is 0 Å². The molecule has 26 heavy (non-hydrogen) atoms. The van der Waals surface area contributed by atoms with Crippen molar-refractivity contribution in [2.75, 3.05) is 45.3 Å². The van der Waals surface area contributed by atoms with Gasteiger partial charge >= 0.3 is 5.82 Å². The van der Waals surface area contributed by atoms with Crippen LogP contribution in [0, 0.1) is 10.1 Å². The number of aryl methyl sites for hydroxylation is 1. The summed E-state index contributed by atoms with van der Waals surface area (Å²) in [7, 11) is 5.08. The molecule has 0 radical (unpaired) electrons. The van der Waals surface area contributed by atoms with Crippen LogP contribution in [0.4, 0.5) is 11.6 Å². The number of piperazine rings is 1. The van der Waals surface area contributed by atoms with Crippen LogP contribution in [0.5, 0.6) is 11.5 Å². The lowest BCUT2D eigenvalue weighted by Crippen LogP contribution is -2.46. The lowest BCUT2D eigenvalue weighted by molar-refractivity contribution is -0.388. The van der Waals surface area contributed by atoms with E-state index in [9.17, 15) is 10.1 Å². The molecule has 9 heteroatoms. The van der Waals surface area contributed by atoms with Crippen LogP contribution in [-0.4, -0.2) is 59.8 Å². The molecule has 1 aromatic carbocycles. The van der Waals surface area contributed by atoms with Crippen molar-refractivity contribution in [3.63, 3.8) is 0 Å². The number of hydrogen-bond acceptors (Lipinski definition) is 7. The molecule has 2 aromatic rings. The van der Waals surface area contributed by atoms with Gasteiger partial charge in [0.05, 0.1) is 14.2 Å². The highest BCUT2D eigenvalue weighted by molar-refractivity contribution is 5.55. The van der Waals surface area contributed by atoms with Gasteiger partial charge in [-0.3, -0.25) is 9.47 Å². The minimum Gasteiger partial charge on any atom is -0.497 e. The Morgan fingerprint density at radius 3 is 2.54 bits per heavy atom. The van der Waals surface area contributed by atoms with Crippen molar-refractivity contribution in [3.8, 4) is 11.5 Å². The molecule has 0 atom stereocenters. The van der Waals surface area contributed by atoms with Crippen LogP contribution < -0.4 is 14.4 Å². The van der Waals surface area contributed by atoms with Gasteiger partial charge in [-0.2, -0.15) is 0 Å². The fourth-order valence-corrected chi connectivity index (χ4v) is 3.27. The maximum Gasteiger partial charge on any atom is 0.406 e. The Balaban J connectivity index is 1.68. The third-order valence-corrected chi connectivity index (χ3v) is 4.61. The number of nitro groups is 1. The van der Waals surface area contributed by atoms with Crippen molar-refractivity contribution in [1.82, 2.24) is 14.5 Å². The fraction of sp³-hybridized carbons (Fsp3) is 0.471. The molecule has 0 saturated carbocycles. The zero-order valence-corrected chi connectivity index (χ0v) is 15.2. The van der Waals surface area contributed by atoms with E-state index in [1.54, 1.807) is 25.8 Å². The molecule has 0 bridgehead atoms. The van der Waals surface area contributed by atoms with E-state index in [1.807, 2.05) is 23.1 Å². The first kappa shape index (κ1) is 18.0. The van der Waals surface area contributed by atoms with Gasteiger partial charge in [0.2, 0.25) is 12.1 Å². The highest BCUT2D eigenvalue weighted by atomic mass is 16.6. The first-order chi connectivity index (χ1) is 12.5. The highest BCUT2D eigenvalue weighted by Gasteiger charge is 2.28. The molecule has 3 rings (SSSR count). The summed E-state index contributed by atoms with van der Waals surface area (Å²) < 4.78 is 12.5. The predicted molar refractivity (Wildman–Crippen MR) is 96.9 cm³/mol. The molecule has 2 heterocycles. The molecule has 1 aliphatic rings. The third kappa shape index (κ3) is 3.57. The largest absolute Gasteiger partial charge is 0.497 e. The van der Waals surface area contributed by atoms with E-state index in [2.05, 4.69) is 9.88 Å². The summed E-state index contributed by atoms with van der Waals surface area (Å²) in [4.78, 5) is 19.0. The molecule has 0 unspecified atom stereocenters. The van der Waals surface area contributed by atoms with E-state index in [-0.39, 0.29) is 5.82 Å². The topological polar surface area (TPSA) is 85.9 Å². The molecule has 1 saturated heterocycles. The Morgan fingerprint density at radius 2 is 1.92 bits per heavy atom. The van der Waals surface area contributed by atoms with Gasteiger partial charge in [-0.1, -0.05) is 0 Å². The molecule has 1 fully saturated rings. The van der Waals surface area contributed by atoms with Gasteiger partial charge in [-0.05, 0) is 28.1 Å². The molecule has 140 valence electrons. The molecule has 9 nitrogen and oxygen atoms in total. The van der Waals surface area contributed by atoms with E-state index in [0.717, 1.165) is 36.7 Å². The number of rotatable bonds is 6. The summed E-state index contributed by atoms with van der Waals surface area (Å²) in [5, 5.41) is 11.2. The molecule has 1 aromatic heterocycles. The van der Waals surface area contributed by atoms with Crippen LogP contribution in [-0.2, 0) is 13.6 Å². The van der Waals surface area contributed by atoms with Gasteiger partial charge in [-0.25, -0.2) is 0 Å². The zero-order valence-electron chi connectivity index (χ0n) is 15.2. The van der Waals surface area contributed by atoms with Gasteiger partial charge in [-0.15, -0.1) is 0 Å². The molecule has 0 amide bonds. The minimum atomic E-state index is -0.428. The van der Waals surface area contributed by atoms with Gasteiger partial charge in [0.15, 0.2) is 0 Å². The first-order valence-corrected chi connectivity index (χ1v) is 8.37. The molecule has 0 spiro atoms. The number of methoxy groups -OCH3 is 2. The van der Waals surface area contributed by atoms with Crippen molar-refractivity contribution < 1.29 is 14.4 Å². The van der Waals surface area contributed by atoms with E-state index in [4.69, 9.17) is 9.47 Å². The number of nitrogens with zero attached hydrogens (tertiary/aromatic N) is 5. The third-order valence-electron chi connectivity index (χ3n) is 4.61. The summed E-state index contributed by atoms with van der Waals surface area (Å²) in [6.07, 6.45) is 1.49. The molecule has 1 aliphatic heterocycles. The van der Waals surface area contributed by atoms with Crippen molar-refractivity contribution in [2.45, 2.75) is 6.54 Å². The Kier molecular flexibility index (Phi) is 5.27. The van der Waals surface area contributed by atoms with Crippen molar-refractivity contribution in [1.29, 1.82) is 0 Å². The van der Waals surface area contributed by atoms with Gasteiger partial charge < -0.3 is 24.5 Å². The van der Waals surface area contributed by atoms with Crippen LogP contribution in [0.15, 0.2) is 24.5 Å². The number of benzene rings is 1. The first-order valence-electron chi connectivity index (χ1n) is 8.37. The standard InChI is InChI=1S/C17H23N5O4/c1-19-12-18-16(22(23)24)17(19)21-8-6-20(7-9-21)11-13-10-14(25-2)4-5-15(13)26-3/h4-5,10,12H,6-9,11H2,1-3H3. The maximum atomic E-state index is 11.2. The number of ether oxygens (including phenoxy) is 2. The maximum absolute atomic E-state index is 11.2. The smallest absolute Gasteiger partial charge is 0.406 e. The van der Waals surface area contributed by atoms with Crippen LogP contribution in [0.1, 0.15) is 5.56 Å². The zero-order chi connectivity index (χ0) is 18.7. The molecular formula is C17H23N5O4. The second-order valence-electron chi connectivity index (χ2n) is 6.20. The summed E-state index contributed by atoms with van der Waals surface area (Å²) in [5.41, 5.74) is 1.06. The van der Waals surface area contributed by atoms with Gasteiger partial charge in [0.25, 0.3) is 0 Å². The van der Waals surface area contributed by atoms with E-state index in [1.165, 1.54) is 6.33 Å². The van der Waals surface area contributed by atoms with Gasteiger partial charge in [0, 0.05) is 45.3 Å². The number of hydrogen-bond donors (Lipinski definition) is 0. The van der Waals surface area contributed by atoms with Crippen molar-refractivity contribution >= 4 is 11.6 Å². The average molecular weight is 361 g/mol. The van der Waals surface area contributed by atoms with Crippen LogP contribution >= 0.6 is 0 Å². The van der Waals surface area contributed by atoms with E-state index < -0.39 is 4.92 Å². The summed E-state index contributed by atoms with van der Waals surface area (Å²) >= 11 is 0. The Morgan fingerprint density at radius 1 is 1.19 bits per heavy atom. The lowest BCUT2D eigenvalue weighted by atomic mass is 10.1. The molecule has 0 N–H and O–H groups in total. The SMILES string of the molecule is COc1ccc(OC)c(CN2CCN(c3c([N+](=O)[O-])ncn3C)CC2)c1. The minimum absolute atomic E-state index is 0.0876. The van der Waals surface area contributed by atoms with Crippen molar-refractivity contribution in [2.24, 2.45) is 7.05 Å². The van der Waals surface area contributed by atoms with Gasteiger partial charge in [0.1, 0.15) is 11.5 Å². The Labute approximate surface area is 151 Å². The number of imidazole rings is 1. The molecular weight excluding hydrogens is 338 g/mol. The summed E-state index contributed by atoms with van der Waals surface area (Å²) in [6, 6.07) is 5.77. The quantitative estimate of drug-likeness (QED) is 0.571. The highest BCUT2D eigenvalue weighted by Crippen LogP contribution is 2.28. The summed E-state index contributed by atoms with van der Waals surface area (Å²) in [5.74, 6) is 2.10. The van der Waals surface area contributed by atoms with E-state index >= 15 is 0 Å². The number of anilines is 1. The predicted octanol–water partition coefficient (Wildman–Crippen LogP) is 1.67. The Bertz CT molecular complexity index is 783. The number of aromatic nitrogens is 2. The lowest BCUT2D eigenvalue weighted by Gasteiger charge is -2.35. The van der Waals surface area contributed by atoms with Crippen molar-refractivity contribution in [3.05, 3.63) is 40.2 Å². The monoisotopic (exact) mass is 361 g/mol. The average Bonchev–Trinajstić information content (AvgIpc) is 3.04. The normalized spacial score (nSPS) is 15.1. The van der Waals surface area contributed by atoms with E-state index in [0.29, 0.717) is 18.9 Å². The fourth-order valence-electron chi connectivity index (χ4n) is 3.27. The second-order valence-corrected chi connectivity index (χ2v) is 6.20. The molecule has 0 aliphatic carbocycles. The Hall–Kier alpha value is -2.81.